The summed E-state index contributed by atoms with van der Waals surface area (Å²) in [6.07, 6.45) is 2.13. The summed E-state index contributed by atoms with van der Waals surface area (Å²) in [6, 6.07) is 0. The van der Waals surface area contributed by atoms with Gasteiger partial charge in [0.25, 0.3) is 0 Å². The summed E-state index contributed by atoms with van der Waals surface area (Å²) in [5.74, 6) is 0.888. The maximum absolute atomic E-state index is 5.11. The van der Waals surface area contributed by atoms with Crippen molar-refractivity contribution in [2.24, 2.45) is 16.5 Å². The van der Waals surface area contributed by atoms with Crippen molar-refractivity contribution in [1.29, 1.82) is 0 Å². The highest BCUT2D eigenvalue weighted by molar-refractivity contribution is 5.75. The summed E-state index contributed by atoms with van der Waals surface area (Å²) in [4.78, 5) is 7.68. The van der Waals surface area contributed by atoms with E-state index in [0.29, 0.717) is 13.0 Å². The summed E-state index contributed by atoms with van der Waals surface area (Å²) >= 11 is 0. The zero-order valence-corrected chi connectivity index (χ0v) is 5.99. The van der Waals surface area contributed by atoms with Crippen molar-refractivity contribution in [3.8, 4) is 0 Å². The predicted octanol–water partition coefficient (Wildman–Crippen LogP) is -1.38. The van der Waals surface area contributed by atoms with Crippen LogP contribution in [0, 0.1) is 0 Å². The molecule has 11 heavy (non-hydrogen) atoms. The third kappa shape index (κ3) is 2.65. The van der Waals surface area contributed by atoms with Crippen LogP contribution in [0.4, 0.5) is 0 Å². The van der Waals surface area contributed by atoms with Gasteiger partial charge in [-0.25, -0.2) is 4.98 Å². The smallest absolute Gasteiger partial charge is 0.185 e. The van der Waals surface area contributed by atoms with Gasteiger partial charge in [0, 0.05) is 13.0 Å². The molecule has 1 aromatic heterocycles. The molecule has 1 rings (SSSR count). The number of guanidine groups is 1. The molecule has 0 aliphatic carbocycles. The Morgan fingerprint density at radius 2 is 2.45 bits per heavy atom. The minimum atomic E-state index is 0.101. The minimum absolute atomic E-state index is 0.101. The summed E-state index contributed by atoms with van der Waals surface area (Å²) in [7, 11) is 0. The summed E-state index contributed by atoms with van der Waals surface area (Å²) < 4.78 is 0. The molecule has 0 saturated heterocycles. The summed E-state index contributed by atoms with van der Waals surface area (Å²) in [5, 5.41) is 6.37. The first-order chi connectivity index (χ1) is 5.29. The Hall–Kier alpha value is -1.59. The van der Waals surface area contributed by atoms with Crippen molar-refractivity contribution in [3.05, 3.63) is 12.2 Å². The van der Waals surface area contributed by atoms with Crippen LogP contribution >= 0.6 is 0 Å². The van der Waals surface area contributed by atoms with E-state index in [1.165, 1.54) is 6.33 Å². The molecule has 1 aromatic rings. The van der Waals surface area contributed by atoms with E-state index in [1.807, 2.05) is 0 Å². The van der Waals surface area contributed by atoms with E-state index in [9.17, 15) is 0 Å². The molecular weight excluding hydrogens is 144 g/mol. The highest BCUT2D eigenvalue weighted by atomic mass is 15.2. The van der Waals surface area contributed by atoms with Gasteiger partial charge in [-0.2, -0.15) is 5.10 Å². The molecule has 0 aromatic carbocycles. The second-order valence-electron chi connectivity index (χ2n) is 1.99. The van der Waals surface area contributed by atoms with Gasteiger partial charge in [0.2, 0.25) is 0 Å². The van der Waals surface area contributed by atoms with Crippen LogP contribution in [0.5, 0.6) is 0 Å². The van der Waals surface area contributed by atoms with Crippen molar-refractivity contribution in [2.45, 2.75) is 6.42 Å². The molecule has 0 fully saturated rings. The number of H-pyrrole nitrogens is 1. The second-order valence-corrected chi connectivity index (χ2v) is 1.99. The molecule has 0 bridgehead atoms. The SMILES string of the molecule is NC(N)=NCCc1ncn[nH]1. The number of nitrogens with two attached hydrogens (primary N) is 2. The van der Waals surface area contributed by atoms with Crippen molar-refractivity contribution in [2.75, 3.05) is 6.54 Å². The van der Waals surface area contributed by atoms with Gasteiger partial charge >= 0.3 is 0 Å². The molecule has 6 heteroatoms. The number of nitrogens with one attached hydrogen (secondary N) is 1. The van der Waals surface area contributed by atoms with Crippen LogP contribution in [0.2, 0.25) is 0 Å². The van der Waals surface area contributed by atoms with Gasteiger partial charge in [-0.1, -0.05) is 0 Å². The average molecular weight is 154 g/mol. The number of aliphatic imine (C=N–C) groups is 1. The second kappa shape index (κ2) is 3.55. The van der Waals surface area contributed by atoms with Crippen LogP contribution in [0.3, 0.4) is 0 Å². The molecule has 1 heterocycles. The van der Waals surface area contributed by atoms with E-state index in [4.69, 9.17) is 11.5 Å². The minimum Gasteiger partial charge on any atom is -0.370 e. The third-order valence-electron chi connectivity index (χ3n) is 1.11. The zero-order chi connectivity index (χ0) is 8.10. The Balaban J connectivity index is 2.30. The fraction of sp³-hybridized carbons (Fsp3) is 0.400. The fourth-order valence-electron chi connectivity index (χ4n) is 0.642. The lowest BCUT2D eigenvalue weighted by Gasteiger charge is -1.91. The molecule has 0 aliphatic rings. The highest BCUT2D eigenvalue weighted by Crippen LogP contribution is 1.86. The van der Waals surface area contributed by atoms with E-state index in [0.717, 1.165) is 5.82 Å². The maximum atomic E-state index is 5.11. The standard InChI is InChI=1S/C5H10N6/c6-5(7)8-2-1-4-9-3-10-11-4/h3H,1-2H2,(H4,6,7,8)(H,9,10,11). The molecule has 0 unspecified atom stereocenters. The lowest BCUT2D eigenvalue weighted by Crippen LogP contribution is -2.23. The van der Waals surface area contributed by atoms with Crippen LogP contribution in [-0.2, 0) is 6.42 Å². The monoisotopic (exact) mass is 154 g/mol. The highest BCUT2D eigenvalue weighted by Gasteiger charge is 1.92. The Bertz CT molecular complexity index is 221. The number of hydrogen-bond donors (Lipinski definition) is 3. The molecule has 0 atom stereocenters. The van der Waals surface area contributed by atoms with Gasteiger partial charge in [0.1, 0.15) is 12.2 Å². The largest absolute Gasteiger partial charge is 0.370 e. The van der Waals surface area contributed by atoms with Gasteiger partial charge in [0.05, 0.1) is 0 Å². The summed E-state index contributed by atoms with van der Waals surface area (Å²) in [6.45, 7) is 0.539. The van der Waals surface area contributed by atoms with Crippen molar-refractivity contribution >= 4 is 5.96 Å². The number of nitrogens with zero attached hydrogens (tertiary/aromatic N) is 3. The molecule has 0 spiro atoms. The molecule has 0 saturated carbocycles. The van der Waals surface area contributed by atoms with Crippen molar-refractivity contribution in [1.82, 2.24) is 15.2 Å². The van der Waals surface area contributed by atoms with Crippen LogP contribution in [0.25, 0.3) is 0 Å². The van der Waals surface area contributed by atoms with E-state index < -0.39 is 0 Å². The van der Waals surface area contributed by atoms with Gasteiger partial charge < -0.3 is 11.5 Å². The van der Waals surface area contributed by atoms with Crippen LogP contribution < -0.4 is 11.5 Å². The Kier molecular flexibility index (Phi) is 2.42. The van der Waals surface area contributed by atoms with E-state index >= 15 is 0 Å². The maximum Gasteiger partial charge on any atom is 0.185 e. The quantitative estimate of drug-likeness (QED) is 0.368. The Labute approximate surface area is 63.7 Å². The van der Waals surface area contributed by atoms with E-state index in [1.54, 1.807) is 0 Å². The van der Waals surface area contributed by atoms with Gasteiger partial charge in [-0.15, -0.1) is 0 Å². The predicted molar refractivity (Wildman–Crippen MR) is 40.8 cm³/mol. The van der Waals surface area contributed by atoms with Gasteiger partial charge in [-0.05, 0) is 0 Å². The molecular formula is C5H10N6. The van der Waals surface area contributed by atoms with E-state index in [2.05, 4.69) is 20.2 Å². The number of aromatic amines is 1. The molecule has 5 N–H and O–H groups in total. The first-order valence-corrected chi connectivity index (χ1v) is 3.18. The van der Waals surface area contributed by atoms with Gasteiger partial charge in [0.15, 0.2) is 5.96 Å². The first-order valence-electron chi connectivity index (χ1n) is 3.18. The zero-order valence-electron chi connectivity index (χ0n) is 5.99. The van der Waals surface area contributed by atoms with Crippen molar-refractivity contribution < 1.29 is 0 Å². The molecule has 0 amide bonds. The molecule has 0 radical (unpaired) electrons. The Morgan fingerprint density at radius 1 is 1.64 bits per heavy atom. The van der Waals surface area contributed by atoms with Gasteiger partial charge in [-0.3, -0.25) is 10.1 Å². The lowest BCUT2D eigenvalue weighted by atomic mass is 10.4. The third-order valence-corrected chi connectivity index (χ3v) is 1.11. The first kappa shape index (κ1) is 7.52. The molecule has 60 valence electrons. The van der Waals surface area contributed by atoms with Crippen molar-refractivity contribution in [3.63, 3.8) is 0 Å². The van der Waals surface area contributed by atoms with E-state index in [-0.39, 0.29) is 5.96 Å². The van der Waals surface area contributed by atoms with Crippen LogP contribution in [0.1, 0.15) is 5.82 Å². The fourth-order valence-corrected chi connectivity index (χ4v) is 0.642. The molecule has 6 nitrogen and oxygen atoms in total. The lowest BCUT2D eigenvalue weighted by molar-refractivity contribution is 0.872. The topological polar surface area (TPSA) is 106 Å². The summed E-state index contributed by atoms with van der Waals surface area (Å²) in [5.41, 5.74) is 10.2. The number of aromatic nitrogens is 3. The van der Waals surface area contributed by atoms with Crippen LogP contribution in [0.15, 0.2) is 11.3 Å². The number of rotatable bonds is 3. The molecule has 0 aliphatic heterocycles. The Morgan fingerprint density at radius 3 is 3.00 bits per heavy atom. The number of hydrogen-bond acceptors (Lipinski definition) is 3. The average Bonchev–Trinajstić information content (AvgIpc) is 2.39. The van der Waals surface area contributed by atoms with Crippen LogP contribution in [-0.4, -0.2) is 27.7 Å². The normalized spacial score (nSPS) is 9.45.